The van der Waals surface area contributed by atoms with Crippen molar-refractivity contribution in [1.82, 2.24) is 20.1 Å². The van der Waals surface area contributed by atoms with Gasteiger partial charge in [-0.2, -0.15) is 5.10 Å². The lowest BCUT2D eigenvalue weighted by Gasteiger charge is -2.40. The molecule has 2 aromatic carbocycles. The van der Waals surface area contributed by atoms with E-state index in [4.69, 9.17) is 0 Å². The Balaban J connectivity index is 1.49. The number of hydrogen-bond acceptors (Lipinski definition) is 5. The van der Waals surface area contributed by atoms with Crippen molar-refractivity contribution in [2.75, 3.05) is 18.0 Å². The molecule has 0 radical (unpaired) electrons. The van der Waals surface area contributed by atoms with Gasteiger partial charge >= 0.3 is 0 Å². The normalized spacial score (nSPS) is 17.8. The van der Waals surface area contributed by atoms with Gasteiger partial charge in [0.15, 0.2) is 0 Å². The smallest absolute Gasteiger partial charge is 0.146 e. The summed E-state index contributed by atoms with van der Waals surface area (Å²) < 4.78 is 43.7. The van der Waals surface area contributed by atoms with Crippen LogP contribution in [0, 0.1) is 17.5 Å². The van der Waals surface area contributed by atoms with E-state index in [1.807, 2.05) is 11.0 Å². The highest BCUT2D eigenvalue weighted by atomic mass is 19.1. The molecule has 0 spiro atoms. The molecule has 32 heavy (non-hydrogen) atoms. The minimum Gasteiger partial charge on any atom is -0.381 e. The Kier molecular flexibility index (Phi) is 6.48. The number of aliphatic hydroxyl groups is 1. The van der Waals surface area contributed by atoms with E-state index in [0.29, 0.717) is 18.8 Å². The van der Waals surface area contributed by atoms with Gasteiger partial charge in [-0.15, -0.1) is 0 Å². The maximum Gasteiger partial charge on any atom is 0.146 e. The zero-order valence-corrected chi connectivity index (χ0v) is 17.8. The predicted molar refractivity (Wildman–Crippen MR) is 115 cm³/mol. The fourth-order valence-corrected chi connectivity index (χ4v) is 4.34. The molecule has 170 valence electrons. The number of para-hydroxylation sites is 1. The van der Waals surface area contributed by atoms with Gasteiger partial charge in [0.25, 0.3) is 0 Å². The number of piperidine rings is 1. The molecule has 0 amide bonds. The second-order valence-corrected chi connectivity index (χ2v) is 8.24. The highest BCUT2D eigenvalue weighted by molar-refractivity contribution is 5.48. The van der Waals surface area contributed by atoms with Crippen LogP contribution in [0.5, 0.6) is 0 Å². The zero-order valence-electron chi connectivity index (χ0n) is 17.8. The zero-order chi connectivity index (χ0) is 22.7. The second kappa shape index (κ2) is 9.30. The maximum absolute atomic E-state index is 14.7. The van der Waals surface area contributed by atoms with Crippen LogP contribution >= 0.6 is 0 Å². The monoisotopic (exact) mass is 445 g/mol. The molecule has 3 aromatic rings. The van der Waals surface area contributed by atoms with E-state index in [1.54, 1.807) is 19.1 Å². The van der Waals surface area contributed by atoms with E-state index in [-0.39, 0.29) is 24.0 Å². The first-order chi connectivity index (χ1) is 15.4. The summed E-state index contributed by atoms with van der Waals surface area (Å²) in [6.45, 7) is 3.01. The van der Waals surface area contributed by atoms with E-state index in [0.717, 1.165) is 25.0 Å². The van der Waals surface area contributed by atoms with E-state index in [2.05, 4.69) is 15.4 Å². The summed E-state index contributed by atoms with van der Waals surface area (Å²) in [4.78, 5) is 5.89. The lowest BCUT2D eigenvalue weighted by Crippen LogP contribution is -2.55. The standard InChI is InChI=1S/C23H26F3N5O/c1-16(29-18-8-10-30(11-9-18)22-5-3-2-4-20(22)25)23(32,13-31-15-27-14-28-31)19-7-6-17(24)12-21(19)26/h2-7,12,14-16,18,29,32H,8-11,13H2,1H3/t16-,23-/m1/s1. The van der Waals surface area contributed by atoms with Gasteiger partial charge in [-0.05, 0) is 38.0 Å². The Bertz CT molecular complexity index is 1040. The summed E-state index contributed by atoms with van der Waals surface area (Å²) in [6.07, 6.45) is 4.22. The second-order valence-electron chi connectivity index (χ2n) is 8.24. The van der Waals surface area contributed by atoms with Crippen LogP contribution in [0.25, 0.3) is 0 Å². The van der Waals surface area contributed by atoms with Gasteiger partial charge in [-0.25, -0.2) is 22.8 Å². The Morgan fingerprint density at radius 3 is 2.53 bits per heavy atom. The minimum atomic E-state index is -1.70. The van der Waals surface area contributed by atoms with Gasteiger partial charge in [0.05, 0.1) is 12.2 Å². The van der Waals surface area contributed by atoms with E-state index in [9.17, 15) is 18.3 Å². The summed E-state index contributed by atoms with van der Waals surface area (Å²) in [6, 6.07) is 9.30. The van der Waals surface area contributed by atoms with E-state index >= 15 is 0 Å². The summed E-state index contributed by atoms with van der Waals surface area (Å²) in [5.41, 5.74) is -1.14. The summed E-state index contributed by atoms with van der Waals surface area (Å²) in [5.74, 6) is -1.78. The average Bonchev–Trinajstić information content (AvgIpc) is 3.27. The third-order valence-electron chi connectivity index (χ3n) is 6.16. The molecule has 0 bridgehead atoms. The first-order valence-corrected chi connectivity index (χ1v) is 10.6. The quantitative estimate of drug-likeness (QED) is 0.585. The summed E-state index contributed by atoms with van der Waals surface area (Å²) in [7, 11) is 0. The molecule has 2 heterocycles. The number of anilines is 1. The first-order valence-electron chi connectivity index (χ1n) is 10.6. The van der Waals surface area contributed by atoms with Crippen LogP contribution < -0.4 is 10.2 Å². The first kappa shape index (κ1) is 22.3. The summed E-state index contributed by atoms with van der Waals surface area (Å²) in [5, 5.41) is 19.1. The molecule has 4 rings (SSSR count). The van der Waals surface area contributed by atoms with Crippen molar-refractivity contribution in [3.8, 4) is 0 Å². The third kappa shape index (κ3) is 4.63. The van der Waals surface area contributed by atoms with Gasteiger partial charge in [0.2, 0.25) is 0 Å². The van der Waals surface area contributed by atoms with Crippen LogP contribution in [0.3, 0.4) is 0 Å². The molecule has 1 aliphatic heterocycles. The van der Waals surface area contributed by atoms with Crippen molar-refractivity contribution in [3.63, 3.8) is 0 Å². The molecule has 9 heteroatoms. The van der Waals surface area contributed by atoms with Crippen molar-refractivity contribution in [2.24, 2.45) is 0 Å². The van der Waals surface area contributed by atoms with Crippen molar-refractivity contribution >= 4 is 5.69 Å². The third-order valence-corrected chi connectivity index (χ3v) is 6.16. The highest BCUT2D eigenvalue weighted by Gasteiger charge is 2.40. The van der Waals surface area contributed by atoms with E-state index < -0.39 is 23.3 Å². The predicted octanol–water partition coefficient (Wildman–Crippen LogP) is 3.23. The molecular weight excluding hydrogens is 419 g/mol. The molecule has 0 saturated carbocycles. The topological polar surface area (TPSA) is 66.2 Å². The van der Waals surface area contributed by atoms with Gasteiger partial charge in [0, 0.05) is 36.8 Å². The van der Waals surface area contributed by atoms with Crippen LogP contribution in [0.4, 0.5) is 18.9 Å². The molecule has 2 atom stereocenters. The van der Waals surface area contributed by atoms with Crippen molar-refractivity contribution in [2.45, 2.75) is 44.0 Å². The Morgan fingerprint density at radius 1 is 1.12 bits per heavy atom. The summed E-state index contributed by atoms with van der Waals surface area (Å²) >= 11 is 0. The number of aromatic nitrogens is 3. The molecule has 1 fully saturated rings. The fraction of sp³-hybridized carbons (Fsp3) is 0.391. The van der Waals surface area contributed by atoms with Crippen LogP contribution in [0.2, 0.25) is 0 Å². The Morgan fingerprint density at radius 2 is 1.88 bits per heavy atom. The molecule has 1 saturated heterocycles. The maximum atomic E-state index is 14.7. The largest absolute Gasteiger partial charge is 0.381 e. The number of halogens is 3. The molecule has 2 N–H and O–H groups in total. The highest BCUT2D eigenvalue weighted by Crippen LogP contribution is 2.31. The fourth-order valence-electron chi connectivity index (χ4n) is 4.34. The Hall–Kier alpha value is -2.91. The average molecular weight is 445 g/mol. The van der Waals surface area contributed by atoms with Crippen LogP contribution in [-0.2, 0) is 12.1 Å². The molecular formula is C23H26F3N5O. The molecule has 0 unspecified atom stereocenters. The molecule has 0 aliphatic carbocycles. The molecule has 6 nitrogen and oxygen atoms in total. The number of nitrogens with zero attached hydrogens (tertiary/aromatic N) is 4. The van der Waals surface area contributed by atoms with Crippen LogP contribution in [0.15, 0.2) is 55.1 Å². The lowest BCUT2D eigenvalue weighted by molar-refractivity contribution is -0.0242. The van der Waals surface area contributed by atoms with Gasteiger partial charge in [-0.1, -0.05) is 18.2 Å². The van der Waals surface area contributed by atoms with Crippen LogP contribution in [0.1, 0.15) is 25.3 Å². The minimum absolute atomic E-state index is 0.0156. The molecule has 1 aromatic heterocycles. The van der Waals surface area contributed by atoms with Crippen LogP contribution in [-0.4, -0.2) is 45.0 Å². The lowest BCUT2D eigenvalue weighted by atomic mass is 9.85. The molecule has 1 aliphatic rings. The van der Waals surface area contributed by atoms with Crippen molar-refractivity contribution < 1.29 is 18.3 Å². The number of hydrogen-bond donors (Lipinski definition) is 2. The van der Waals surface area contributed by atoms with Crippen molar-refractivity contribution in [1.29, 1.82) is 0 Å². The van der Waals surface area contributed by atoms with E-state index in [1.165, 1.54) is 29.5 Å². The van der Waals surface area contributed by atoms with Gasteiger partial charge < -0.3 is 15.3 Å². The number of benzene rings is 2. The van der Waals surface area contributed by atoms with Gasteiger partial charge in [0.1, 0.15) is 35.7 Å². The van der Waals surface area contributed by atoms with Crippen molar-refractivity contribution in [3.05, 3.63) is 78.1 Å². The number of rotatable bonds is 7. The van der Waals surface area contributed by atoms with Gasteiger partial charge in [-0.3, -0.25) is 0 Å². The SMILES string of the molecule is C[C@@H](NC1CCN(c2ccccc2F)CC1)[C@](O)(Cn1cncn1)c1ccc(F)cc1F. The Labute approximate surface area is 184 Å². The number of nitrogens with one attached hydrogen (secondary N) is 1.